The molecule has 4 rings (SSSR count). The summed E-state index contributed by atoms with van der Waals surface area (Å²) in [6.07, 6.45) is 3.19. The van der Waals surface area contributed by atoms with Crippen LogP contribution in [0.5, 0.6) is 11.6 Å². The van der Waals surface area contributed by atoms with E-state index in [1.807, 2.05) is 48.5 Å². The summed E-state index contributed by atoms with van der Waals surface area (Å²) >= 11 is 0. The van der Waals surface area contributed by atoms with Crippen LogP contribution in [0.3, 0.4) is 0 Å². The Hall–Kier alpha value is -3.54. The molecule has 0 N–H and O–H groups in total. The zero-order valence-electron chi connectivity index (χ0n) is 22.6. The molecule has 0 fully saturated rings. The maximum Gasteiger partial charge on any atom is 0.194 e. The molecule has 1 heterocycles. The Morgan fingerprint density at radius 3 is 1.92 bits per heavy atom. The summed E-state index contributed by atoms with van der Waals surface area (Å²) in [7, 11) is 1.75. The van der Waals surface area contributed by atoms with Gasteiger partial charge in [0.2, 0.25) is 0 Å². The van der Waals surface area contributed by atoms with Gasteiger partial charge in [0.25, 0.3) is 0 Å². The van der Waals surface area contributed by atoms with Gasteiger partial charge >= 0.3 is 0 Å². The molecule has 0 aliphatic rings. The molecule has 0 saturated carbocycles. The smallest absolute Gasteiger partial charge is 0.194 e. The average molecular weight is 514 g/mol. The van der Waals surface area contributed by atoms with E-state index >= 15 is 0 Å². The molecule has 0 radical (unpaired) electrons. The van der Waals surface area contributed by atoms with Gasteiger partial charge < -0.3 is 23.5 Å². The summed E-state index contributed by atoms with van der Waals surface area (Å²) in [5.41, 5.74) is 5.67. The highest BCUT2D eigenvalue weighted by atomic mass is 16.5. The quantitative estimate of drug-likeness (QED) is 0.144. The van der Waals surface area contributed by atoms with E-state index in [0.29, 0.717) is 19.8 Å². The molecule has 0 amide bonds. The lowest BCUT2D eigenvalue weighted by atomic mass is 10.1. The SMILES string of the molecule is CCn1c(OCc2ccccc2)cc(COCCCCCOC)c1-c1ccc(OCc2ccccc2)cc1. The van der Waals surface area contributed by atoms with E-state index in [1.54, 1.807) is 7.11 Å². The summed E-state index contributed by atoms with van der Waals surface area (Å²) in [6, 6.07) is 30.9. The van der Waals surface area contributed by atoms with E-state index in [4.69, 9.17) is 18.9 Å². The maximum atomic E-state index is 6.31. The molecule has 1 aromatic heterocycles. The number of rotatable bonds is 16. The summed E-state index contributed by atoms with van der Waals surface area (Å²) in [6.45, 7) is 6.09. The lowest BCUT2D eigenvalue weighted by molar-refractivity contribution is 0.114. The second-order valence-corrected chi connectivity index (χ2v) is 9.28. The molecule has 0 saturated heterocycles. The van der Waals surface area contributed by atoms with Crippen molar-refractivity contribution in [3.05, 3.63) is 108 Å². The fourth-order valence-corrected chi connectivity index (χ4v) is 4.45. The molecular formula is C33H39NO4. The van der Waals surface area contributed by atoms with Gasteiger partial charge in [-0.2, -0.15) is 0 Å². The first-order valence-corrected chi connectivity index (χ1v) is 13.5. The van der Waals surface area contributed by atoms with E-state index in [-0.39, 0.29) is 0 Å². The lowest BCUT2D eigenvalue weighted by Gasteiger charge is -2.14. The largest absolute Gasteiger partial charge is 0.489 e. The lowest BCUT2D eigenvalue weighted by Crippen LogP contribution is -2.04. The number of hydrogen-bond acceptors (Lipinski definition) is 4. The Morgan fingerprint density at radius 2 is 1.29 bits per heavy atom. The zero-order chi connectivity index (χ0) is 26.4. The summed E-state index contributed by atoms with van der Waals surface area (Å²) < 4.78 is 25.8. The maximum absolute atomic E-state index is 6.31. The molecule has 38 heavy (non-hydrogen) atoms. The summed E-state index contributed by atoms with van der Waals surface area (Å²) in [5, 5.41) is 0. The summed E-state index contributed by atoms with van der Waals surface area (Å²) in [5.74, 6) is 1.70. The van der Waals surface area contributed by atoms with Crippen molar-refractivity contribution in [3.63, 3.8) is 0 Å². The Kier molecular flexibility index (Phi) is 10.9. The third-order valence-electron chi connectivity index (χ3n) is 6.45. The predicted molar refractivity (Wildman–Crippen MR) is 152 cm³/mol. The highest BCUT2D eigenvalue weighted by molar-refractivity contribution is 5.67. The molecule has 0 aliphatic heterocycles. The van der Waals surface area contributed by atoms with Crippen molar-refractivity contribution in [2.45, 2.75) is 52.6 Å². The molecule has 3 aromatic carbocycles. The van der Waals surface area contributed by atoms with Crippen LogP contribution in [0.1, 0.15) is 42.9 Å². The minimum atomic E-state index is 0.524. The second kappa shape index (κ2) is 15.0. The molecule has 0 unspecified atom stereocenters. The van der Waals surface area contributed by atoms with Gasteiger partial charge in [0.05, 0.1) is 12.3 Å². The van der Waals surface area contributed by atoms with E-state index < -0.39 is 0 Å². The standard InChI is InChI=1S/C33H39NO4/c1-3-34-32(38-25-28-15-9-5-10-16-28)23-30(26-36-22-12-6-11-21-35-2)33(34)29-17-19-31(20-18-29)37-24-27-13-7-4-8-14-27/h4-5,7-10,13-20,23H,3,6,11-12,21-22,24-26H2,1-2H3. The number of hydrogen-bond donors (Lipinski definition) is 0. The first kappa shape index (κ1) is 27.5. The molecule has 0 bridgehead atoms. The first-order valence-electron chi connectivity index (χ1n) is 13.5. The fraction of sp³-hybridized carbons (Fsp3) is 0.333. The third kappa shape index (κ3) is 7.98. The van der Waals surface area contributed by atoms with Crippen LogP contribution in [0, 0.1) is 0 Å². The van der Waals surface area contributed by atoms with Crippen LogP contribution in [0.25, 0.3) is 11.3 Å². The van der Waals surface area contributed by atoms with Crippen molar-refractivity contribution in [1.82, 2.24) is 4.57 Å². The van der Waals surface area contributed by atoms with Gasteiger partial charge in [-0.15, -0.1) is 0 Å². The monoisotopic (exact) mass is 513 g/mol. The molecule has 0 spiro atoms. The van der Waals surface area contributed by atoms with Crippen molar-refractivity contribution in [1.29, 1.82) is 0 Å². The molecule has 0 atom stereocenters. The van der Waals surface area contributed by atoms with Crippen molar-refractivity contribution < 1.29 is 18.9 Å². The number of benzene rings is 3. The van der Waals surface area contributed by atoms with Gasteiger partial charge in [-0.1, -0.05) is 60.7 Å². The molecule has 0 aliphatic carbocycles. The average Bonchev–Trinajstić information content (AvgIpc) is 3.33. The van der Waals surface area contributed by atoms with Crippen molar-refractivity contribution in [2.24, 2.45) is 0 Å². The molecule has 4 aromatic rings. The second-order valence-electron chi connectivity index (χ2n) is 9.28. The number of ether oxygens (including phenoxy) is 4. The van der Waals surface area contributed by atoms with Gasteiger partial charge in [0.1, 0.15) is 19.0 Å². The molecular weight excluding hydrogens is 474 g/mol. The van der Waals surface area contributed by atoms with Gasteiger partial charge in [-0.05, 0) is 67.1 Å². The van der Waals surface area contributed by atoms with Crippen LogP contribution in [0.15, 0.2) is 91.0 Å². The van der Waals surface area contributed by atoms with E-state index in [0.717, 1.165) is 78.6 Å². The van der Waals surface area contributed by atoms with Crippen molar-refractivity contribution in [2.75, 3.05) is 20.3 Å². The van der Waals surface area contributed by atoms with Crippen molar-refractivity contribution in [3.8, 4) is 22.9 Å². The number of methoxy groups -OCH3 is 1. The number of aromatic nitrogens is 1. The molecule has 200 valence electrons. The van der Waals surface area contributed by atoms with Crippen molar-refractivity contribution >= 4 is 0 Å². The van der Waals surface area contributed by atoms with Crippen LogP contribution < -0.4 is 9.47 Å². The van der Waals surface area contributed by atoms with E-state index in [2.05, 4.69) is 54.0 Å². The Morgan fingerprint density at radius 1 is 0.658 bits per heavy atom. The third-order valence-corrected chi connectivity index (χ3v) is 6.45. The van der Waals surface area contributed by atoms with Crippen LogP contribution in [0.4, 0.5) is 0 Å². The Bertz CT molecular complexity index is 1200. The van der Waals surface area contributed by atoms with Gasteiger partial charge in [0, 0.05) is 38.5 Å². The highest BCUT2D eigenvalue weighted by Gasteiger charge is 2.18. The van der Waals surface area contributed by atoms with E-state index in [9.17, 15) is 0 Å². The molecule has 5 nitrogen and oxygen atoms in total. The van der Waals surface area contributed by atoms with Crippen LogP contribution in [-0.4, -0.2) is 24.9 Å². The zero-order valence-corrected chi connectivity index (χ0v) is 22.6. The fourth-order valence-electron chi connectivity index (χ4n) is 4.45. The minimum Gasteiger partial charge on any atom is -0.489 e. The minimum absolute atomic E-state index is 0.524. The van der Waals surface area contributed by atoms with Gasteiger partial charge in [-0.25, -0.2) is 0 Å². The topological polar surface area (TPSA) is 41.9 Å². The van der Waals surface area contributed by atoms with Gasteiger partial charge in [0.15, 0.2) is 5.88 Å². The Labute approximate surface area is 226 Å². The summed E-state index contributed by atoms with van der Waals surface area (Å²) in [4.78, 5) is 0. The first-order chi connectivity index (χ1) is 18.8. The highest BCUT2D eigenvalue weighted by Crippen LogP contribution is 2.34. The number of nitrogens with zero attached hydrogens (tertiary/aromatic N) is 1. The Balaban J connectivity index is 1.49. The van der Waals surface area contributed by atoms with Crippen LogP contribution in [0.2, 0.25) is 0 Å². The van der Waals surface area contributed by atoms with E-state index in [1.165, 1.54) is 0 Å². The van der Waals surface area contributed by atoms with Crippen LogP contribution >= 0.6 is 0 Å². The molecule has 5 heteroatoms. The number of unbranched alkanes of at least 4 members (excludes halogenated alkanes) is 2. The normalized spacial score (nSPS) is 11.0. The van der Waals surface area contributed by atoms with Gasteiger partial charge in [-0.3, -0.25) is 0 Å². The predicted octanol–water partition coefficient (Wildman–Crippen LogP) is 7.67. The van der Waals surface area contributed by atoms with Crippen LogP contribution in [-0.2, 0) is 35.8 Å².